The lowest BCUT2D eigenvalue weighted by atomic mass is 10.1. The highest BCUT2D eigenvalue weighted by Gasteiger charge is 2.10. The number of para-hydroxylation sites is 1. The van der Waals surface area contributed by atoms with Crippen molar-refractivity contribution < 1.29 is 0 Å². The molecule has 0 atom stereocenters. The van der Waals surface area contributed by atoms with Gasteiger partial charge in [-0.3, -0.25) is 9.36 Å². The maximum Gasteiger partial charge on any atom is 0.330 e. The molecule has 0 amide bonds. The lowest BCUT2D eigenvalue weighted by molar-refractivity contribution is 0.689. The number of aromatic nitrogens is 2. The van der Waals surface area contributed by atoms with E-state index in [0.717, 1.165) is 4.57 Å². The van der Waals surface area contributed by atoms with E-state index in [1.807, 2.05) is 0 Å². The molecule has 1 aromatic heterocycles. The van der Waals surface area contributed by atoms with Crippen LogP contribution in [0.15, 0.2) is 40.1 Å². The van der Waals surface area contributed by atoms with E-state index in [9.17, 15) is 9.59 Å². The molecule has 5 heteroatoms. The molecule has 0 spiro atoms. The van der Waals surface area contributed by atoms with Gasteiger partial charge in [0.15, 0.2) is 0 Å². The van der Waals surface area contributed by atoms with Crippen LogP contribution in [0.4, 0.5) is 5.69 Å². The fraction of sp³-hybridized carbons (Fsp3) is 0.167. The molecular weight excluding hydrogens is 218 g/mol. The average Bonchev–Trinajstić information content (AvgIpc) is 2.32. The molecule has 2 N–H and O–H groups in total. The standard InChI is InChI=1S/C12H13N3O2/c1-14-7-9(11(16)15(2)12(14)17)8-5-3-4-6-10(8)13/h3-7H,13H2,1-2H3. The zero-order valence-corrected chi connectivity index (χ0v) is 9.68. The zero-order valence-electron chi connectivity index (χ0n) is 9.68. The molecule has 0 radical (unpaired) electrons. The van der Waals surface area contributed by atoms with E-state index in [1.165, 1.54) is 17.8 Å². The summed E-state index contributed by atoms with van der Waals surface area (Å²) in [5.41, 5.74) is 6.71. The van der Waals surface area contributed by atoms with Crippen LogP contribution in [0.1, 0.15) is 0 Å². The normalized spacial score (nSPS) is 10.5. The molecule has 1 heterocycles. The summed E-state index contributed by atoms with van der Waals surface area (Å²) in [5.74, 6) is 0. The van der Waals surface area contributed by atoms with Crippen LogP contribution in [0.2, 0.25) is 0 Å². The number of rotatable bonds is 1. The molecule has 2 aromatic rings. The second-order valence-corrected chi connectivity index (χ2v) is 3.89. The molecule has 0 fully saturated rings. The Balaban J connectivity index is 2.83. The van der Waals surface area contributed by atoms with E-state index in [2.05, 4.69) is 0 Å². The Morgan fingerprint density at radius 3 is 2.35 bits per heavy atom. The van der Waals surface area contributed by atoms with Crippen LogP contribution in [-0.4, -0.2) is 9.13 Å². The summed E-state index contributed by atoms with van der Waals surface area (Å²) < 4.78 is 2.44. The summed E-state index contributed by atoms with van der Waals surface area (Å²) >= 11 is 0. The van der Waals surface area contributed by atoms with Gasteiger partial charge in [-0.05, 0) is 6.07 Å². The van der Waals surface area contributed by atoms with Gasteiger partial charge in [-0.1, -0.05) is 18.2 Å². The maximum absolute atomic E-state index is 12.0. The van der Waals surface area contributed by atoms with Crippen LogP contribution in [0.3, 0.4) is 0 Å². The smallest absolute Gasteiger partial charge is 0.330 e. The van der Waals surface area contributed by atoms with E-state index in [4.69, 9.17) is 5.73 Å². The Morgan fingerprint density at radius 2 is 1.71 bits per heavy atom. The molecule has 0 bridgehead atoms. The monoisotopic (exact) mass is 231 g/mol. The summed E-state index contributed by atoms with van der Waals surface area (Å²) in [6, 6.07) is 7.08. The minimum absolute atomic E-state index is 0.342. The van der Waals surface area contributed by atoms with Gasteiger partial charge in [0.05, 0.1) is 5.56 Å². The second-order valence-electron chi connectivity index (χ2n) is 3.89. The highest BCUT2D eigenvalue weighted by atomic mass is 16.2. The van der Waals surface area contributed by atoms with Gasteiger partial charge in [-0.25, -0.2) is 4.79 Å². The van der Waals surface area contributed by atoms with Gasteiger partial charge in [-0.2, -0.15) is 0 Å². The van der Waals surface area contributed by atoms with Gasteiger partial charge >= 0.3 is 5.69 Å². The Morgan fingerprint density at radius 1 is 1.06 bits per heavy atom. The third kappa shape index (κ3) is 1.75. The molecule has 0 aliphatic carbocycles. The predicted molar refractivity (Wildman–Crippen MR) is 66.8 cm³/mol. The maximum atomic E-state index is 12.0. The predicted octanol–water partition coefficient (Wildman–Crippen LogP) is 0.333. The van der Waals surface area contributed by atoms with Crippen LogP contribution in [0.5, 0.6) is 0 Å². The Kier molecular flexibility index (Phi) is 2.59. The Hall–Kier alpha value is -2.30. The lowest BCUT2D eigenvalue weighted by Gasteiger charge is -2.08. The van der Waals surface area contributed by atoms with Gasteiger partial charge in [0.25, 0.3) is 5.56 Å². The molecule has 0 saturated heterocycles. The van der Waals surface area contributed by atoms with Gasteiger partial charge in [0.1, 0.15) is 0 Å². The van der Waals surface area contributed by atoms with Crippen LogP contribution < -0.4 is 17.0 Å². The Bertz CT molecular complexity index is 683. The first-order valence-corrected chi connectivity index (χ1v) is 5.14. The first kappa shape index (κ1) is 11.2. The third-order valence-corrected chi connectivity index (χ3v) is 2.70. The molecule has 88 valence electrons. The van der Waals surface area contributed by atoms with Crippen molar-refractivity contribution in [2.24, 2.45) is 14.1 Å². The number of nitrogens with zero attached hydrogens (tertiary/aromatic N) is 2. The molecule has 0 aliphatic heterocycles. The molecule has 5 nitrogen and oxygen atoms in total. The summed E-state index contributed by atoms with van der Waals surface area (Å²) in [7, 11) is 3.05. The van der Waals surface area contributed by atoms with Crippen molar-refractivity contribution in [3.63, 3.8) is 0 Å². The molecule has 17 heavy (non-hydrogen) atoms. The molecular formula is C12H13N3O2. The molecule has 0 unspecified atom stereocenters. The minimum atomic E-state index is -0.353. The highest BCUT2D eigenvalue weighted by molar-refractivity contribution is 5.74. The average molecular weight is 231 g/mol. The number of aryl methyl sites for hydroxylation is 1. The van der Waals surface area contributed by atoms with Gasteiger partial charge in [-0.15, -0.1) is 0 Å². The van der Waals surface area contributed by atoms with Gasteiger partial charge < -0.3 is 10.3 Å². The van der Waals surface area contributed by atoms with Crippen molar-refractivity contribution in [3.8, 4) is 11.1 Å². The second kappa shape index (κ2) is 3.93. The van der Waals surface area contributed by atoms with Crippen LogP contribution in [-0.2, 0) is 14.1 Å². The number of hydrogen-bond acceptors (Lipinski definition) is 3. The lowest BCUT2D eigenvalue weighted by Crippen LogP contribution is -2.37. The topological polar surface area (TPSA) is 70.0 Å². The zero-order chi connectivity index (χ0) is 12.6. The third-order valence-electron chi connectivity index (χ3n) is 2.70. The number of nitrogens with two attached hydrogens (primary N) is 1. The van der Waals surface area contributed by atoms with Crippen molar-refractivity contribution in [1.29, 1.82) is 0 Å². The number of nitrogen functional groups attached to an aromatic ring is 1. The molecule has 0 aliphatic rings. The fourth-order valence-electron chi connectivity index (χ4n) is 1.74. The number of hydrogen-bond donors (Lipinski definition) is 1. The number of anilines is 1. The van der Waals surface area contributed by atoms with Gasteiger partial charge in [0, 0.05) is 31.5 Å². The Labute approximate surface area is 97.7 Å². The largest absolute Gasteiger partial charge is 0.398 e. The van der Waals surface area contributed by atoms with Crippen LogP contribution in [0, 0.1) is 0 Å². The summed E-state index contributed by atoms with van der Waals surface area (Å²) in [6.07, 6.45) is 1.51. The van der Waals surface area contributed by atoms with Gasteiger partial charge in [0.2, 0.25) is 0 Å². The van der Waals surface area contributed by atoms with Crippen molar-refractivity contribution in [2.75, 3.05) is 5.73 Å². The van der Waals surface area contributed by atoms with E-state index < -0.39 is 0 Å². The summed E-state index contributed by atoms with van der Waals surface area (Å²) in [4.78, 5) is 23.5. The van der Waals surface area contributed by atoms with E-state index in [1.54, 1.807) is 31.3 Å². The minimum Gasteiger partial charge on any atom is -0.398 e. The summed E-state index contributed by atoms with van der Waals surface area (Å²) in [5, 5.41) is 0. The fourth-order valence-corrected chi connectivity index (χ4v) is 1.74. The van der Waals surface area contributed by atoms with Crippen molar-refractivity contribution in [2.45, 2.75) is 0 Å². The summed E-state index contributed by atoms with van der Waals surface area (Å²) in [6.45, 7) is 0. The van der Waals surface area contributed by atoms with Crippen molar-refractivity contribution in [1.82, 2.24) is 9.13 Å². The van der Waals surface area contributed by atoms with Crippen LogP contribution >= 0.6 is 0 Å². The van der Waals surface area contributed by atoms with E-state index in [-0.39, 0.29) is 11.2 Å². The van der Waals surface area contributed by atoms with Crippen molar-refractivity contribution >= 4 is 5.69 Å². The quantitative estimate of drug-likeness (QED) is 0.719. The molecule has 1 aromatic carbocycles. The van der Waals surface area contributed by atoms with Crippen molar-refractivity contribution in [3.05, 3.63) is 51.3 Å². The molecule has 2 rings (SSSR count). The first-order chi connectivity index (χ1) is 8.02. The molecule has 0 saturated carbocycles. The SMILES string of the molecule is Cn1cc(-c2ccccc2N)c(=O)n(C)c1=O. The highest BCUT2D eigenvalue weighted by Crippen LogP contribution is 2.21. The number of benzene rings is 1. The first-order valence-electron chi connectivity index (χ1n) is 5.14. The van der Waals surface area contributed by atoms with E-state index >= 15 is 0 Å². The van der Waals surface area contributed by atoms with Crippen LogP contribution in [0.25, 0.3) is 11.1 Å². The van der Waals surface area contributed by atoms with E-state index in [0.29, 0.717) is 16.8 Å².